The maximum Gasteiger partial charge on any atom is 0.338 e. The summed E-state index contributed by atoms with van der Waals surface area (Å²) in [5.41, 5.74) is 4.87. The number of allylic oxidation sites excluding steroid dienone is 1. The average Bonchev–Trinajstić information content (AvgIpc) is 2.98. The fourth-order valence-corrected chi connectivity index (χ4v) is 3.25. The molecule has 8 heteroatoms. The van der Waals surface area contributed by atoms with Crippen LogP contribution in [0.3, 0.4) is 0 Å². The zero-order valence-corrected chi connectivity index (χ0v) is 26.1. The Morgan fingerprint density at radius 1 is 0.533 bits per heavy atom. The second-order valence-corrected chi connectivity index (χ2v) is 10.3. The molecule has 0 heterocycles. The van der Waals surface area contributed by atoms with Crippen molar-refractivity contribution in [3.63, 3.8) is 0 Å². The van der Waals surface area contributed by atoms with Crippen LogP contribution < -0.4 is 18.9 Å². The molecule has 0 atom stereocenters. The van der Waals surface area contributed by atoms with E-state index in [9.17, 15) is 19.2 Å². The Bertz CT molecular complexity index is 1670. The molecule has 3 aromatic rings. The highest BCUT2D eigenvalue weighted by atomic mass is 16.6. The van der Waals surface area contributed by atoms with Crippen LogP contribution >= 0.6 is 0 Å². The molecule has 3 rings (SSSR count). The van der Waals surface area contributed by atoms with Gasteiger partial charge in [0.05, 0.1) is 0 Å². The van der Waals surface area contributed by atoms with E-state index in [0.29, 0.717) is 5.56 Å². The van der Waals surface area contributed by atoms with Crippen LogP contribution in [0, 0.1) is 0 Å². The highest BCUT2D eigenvalue weighted by molar-refractivity contribution is 5.91. The maximum absolute atomic E-state index is 12.1. The lowest BCUT2D eigenvalue weighted by molar-refractivity contribution is -0.132. The van der Waals surface area contributed by atoms with Gasteiger partial charge in [0, 0.05) is 16.7 Å². The van der Waals surface area contributed by atoms with Crippen LogP contribution in [0.25, 0.3) is 23.3 Å². The summed E-state index contributed by atoms with van der Waals surface area (Å²) in [5.74, 6) is -1.60. The van der Waals surface area contributed by atoms with Crippen LogP contribution in [0.1, 0.15) is 45.7 Å². The Morgan fingerprint density at radius 3 is 1.42 bits per heavy atom. The van der Waals surface area contributed by atoms with Crippen molar-refractivity contribution in [2.24, 2.45) is 0 Å². The minimum absolute atomic E-state index is 0.0656. The molecule has 0 spiro atoms. The fraction of sp³-hybridized carbons (Fsp3) is 0.135. The number of esters is 3. The van der Waals surface area contributed by atoms with Crippen molar-refractivity contribution >= 4 is 36.5 Å². The number of hydrogen-bond acceptors (Lipinski definition) is 8. The summed E-state index contributed by atoms with van der Waals surface area (Å²) in [7, 11) is 0. The number of ether oxygens (including phenoxy) is 4. The van der Waals surface area contributed by atoms with E-state index in [4.69, 9.17) is 18.9 Å². The average molecular weight is 609 g/mol. The van der Waals surface area contributed by atoms with Gasteiger partial charge in [-0.1, -0.05) is 73.9 Å². The van der Waals surface area contributed by atoms with E-state index in [2.05, 4.69) is 26.3 Å². The number of rotatable bonds is 11. The summed E-state index contributed by atoms with van der Waals surface area (Å²) in [5, 5.41) is 0. The number of carbonyl (C=O) groups excluding carboxylic acids is 4. The summed E-state index contributed by atoms with van der Waals surface area (Å²) in [4.78, 5) is 47.0. The molecule has 0 N–H and O–H groups in total. The number of benzene rings is 3. The van der Waals surface area contributed by atoms with Crippen molar-refractivity contribution in [1.29, 1.82) is 0 Å². The molecule has 0 aliphatic heterocycles. The van der Waals surface area contributed by atoms with Gasteiger partial charge in [0.1, 0.15) is 0 Å². The normalized spacial score (nSPS) is 10.1. The lowest BCUT2D eigenvalue weighted by Crippen LogP contribution is -2.12. The lowest BCUT2D eigenvalue weighted by Gasteiger charge is -2.11. The minimum Gasteiger partial charge on any atom is -0.425 e. The molecular weight excluding hydrogens is 572 g/mol. The monoisotopic (exact) mass is 608 g/mol. The van der Waals surface area contributed by atoms with Gasteiger partial charge in [-0.2, -0.15) is 0 Å². The molecule has 0 bridgehead atoms. The largest absolute Gasteiger partial charge is 0.425 e. The van der Waals surface area contributed by atoms with Gasteiger partial charge < -0.3 is 18.9 Å². The Kier molecular flexibility index (Phi) is 13.2. The third-order valence-electron chi connectivity index (χ3n) is 5.45. The zero-order valence-electron chi connectivity index (χ0n) is 26.1. The standard InChI is InChI=1S/C33H28O8.C4H8/c1-20(2)31(35)39-27-16-14-26(18-29(27)38-19-34)25-12-9-23(10-13-25)7-8-24-11-15-28(40-32(36)21(3)4)30(17-24)41-33(37)22(5)6;1-4(2)3/h7-19H,1,3,5H2,2,4,6H3;1H2,2-3H3/b8-7+;. The predicted molar refractivity (Wildman–Crippen MR) is 176 cm³/mol. The quantitative estimate of drug-likeness (QED) is 0.0537. The smallest absolute Gasteiger partial charge is 0.338 e. The van der Waals surface area contributed by atoms with Crippen molar-refractivity contribution in [3.05, 3.63) is 120 Å². The molecule has 0 radical (unpaired) electrons. The highest BCUT2D eigenvalue weighted by Gasteiger charge is 2.16. The Balaban J connectivity index is 0.00000166. The van der Waals surface area contributed by atoms with E-state index in [1.807, 2.05) is 44.2 Å². The van der Waals surface area contributed by atoms with E-state index in [1.54, 1.807) is 36.4 Å². The van der Waals surface area contributed by atoms with Gasteiger partial charge in [0.15, 0.2) is 23.0 Å². The van der Waals surface area contributed by atoms with Crippen LogP contribution in [-0.4, -0.2) is 24.4 Å². The van der Waals surface area contributed by atoms with Gasteiger partial charge in [-0.15, -0.1) is 6.58 Å². The first-order chi connectivity index (χ1) is 21.2. The topological polar surface area (TPSA) is 105 Å². The second-order valence-electron chi connectivity index (χ2n) is 10.3. The maximum atomic E-state index is 12.1. The summed E-state index contributed by atoms with van der Waals surface area (Å²) >= 11 is 0. The van der Waals surface area contributed by atoms with E-state index in [0.717, 1.165) is 16.7 Å². The molecule has 0 amide bonds. The first-order valence-electron chi connectivity index (χ1n) is 13.6. The van der Waals surface area contributed by atoms with Crippen LogP contribution in [0.15, 0.2) is 109 Å². The first kappa shape index (κ1) is 35.4. The molecule has 0 aliphatic carbocycles. The van der Waals surface area contributed by atoms with Gasteiger partial charge in [-0.05, 0) is 81.1 Å². The molecule has 8 nitrogen and oxygen atoms in total. The fourth-order valence-electron chi connectivity index (χ4n) is 3.25. The molecule has 0 aromatic heterocycles. The SMILES string of the molecule is C=C(C)C.C=C(C)C(=O)Oc1ccc(-c2ccc(/C=C/c3ccc(OC(=O)C(=C)C)c(OC(=O)C(=C)C)c3)cc2)cc1OC=O. The Morgan fingerprint density at radius 2 is 0.933 bits per heavy atom. The van der Waals surface area contributed by atoms with Crippen molar-refractivity contribution in [2.45, 2.75) is 34.6 Å². The molecule has 0 saturated heterocycles. The second kappa shape index (κ2) is 16.8. The van der Waals surface area contributed by atoms with Gasteiger partial charge in [-0.25, -0.2) is 14.4 Å². The summed E-state index contributed by atoms with van der Waals surface area (Å²) in [6, 6.07) is 17.2. The van der Waals surface area contributed by atoms with Crippen LogP contribution in [0.4, 0.5) is 0 Å². The van der Waals surface area contributed by atoms with Crippen molar-refractivity contribution in [1.82, 2.24) is 0 Å². The zero-order chi connectivity index (χ0) is 33.7. The molecule has 0 saturated carbocycles. The third kappa shape index (κ3) is 11.4. The van der Waals surface area contributed by atoms with E-state index < -0.39 is 17.9 Å². The first-order valence-corrected chi connectivity index (χ1v) is 13.6. The third-order valence-corrected chi connectivity index (χ3v) is 5.45. The van der Waals surface area contributed by atoms with Gasteiger partial charge >= 0.3 is 17.9 Å². The van der Waals surface area contributed by atoms with Crippen LogP contribution in [-0.2, 0) is 19.2 Å². The summed E-state index contributed by atoms with van der Waals surface area (Å²) in [6.07, 6.45) is 3.66. The van der Waals surface area contributed by atoms with Crippen molar-refractivity contribution < 1.29 is 38.1 Å². The van der Waals surface area contributed by atoms with E-state index >= 15 is 0 Å². The van der Waals surface area contributed by atoms with E-state index in [1.165, 1.54) is 32.4 Å². The van der Waals surface area contributed by atoms with Gasteiger partial charge in [0.25, 0.3) is 6.47 Å². The predicted octanol–water partition coefficient (Wildman–Crippen LogP) is 8.09. The number of hydrogen-bond donors (Lipinski definition) is 0. The number of carbonyl (C=O) groups is 4. The molecule has 232 valence electrons. The molecule has 0 aliphatic rings. The lowest BCUT2D eigenvalue weighted by atomic mass is 10.0. The van der Waals surface area contributed by atoms with Crippen LogP contribution in [0.5, 0.6) is 23.0 Å². The van der Waals surface area contributed by atoms with E-state index in [-0.39, 0.29) is 46.2 Å². The summed E-state index contributed by atoms with van der Waals surface area (Å²) < 4.78 is 20.9. The van der Waals surface area contributed by atoms with Crippen molar-refractivity contribution in [3.8, 4) is 34.1 Å². The molecule has 3 aromatic carbocycles. The van der Waals surface area contributed by atoms with Crippen molar-refractivity contribution in [2.75, 3.05) is 0 Å². The molecule has 45 heavy (non-hydrogen) atoms. The summed E-state index contributed by atoms with van der Waals surface area (Å²) in [6.45, 7) is 23.0. The Labute approximate surface area is 263 Å². The molecular formula is C37H36O8. The molecule has 0 unspecified atom stereocenters. The highest BCUT2D eigenvalue weighted by Crippen LogP contribution is 2.34. The minimum atomic E-state index is -0.655. The van der Waals surface area contributed by atoms with Gasteiger partial charge in [-0.3, -0.25) is 4.79 Å². The Hall–Kier alpha value is -5.76. The van der Waals surface area contributed by atoms with Gasteiger partial charge in [0.2, 0.25) is 0 Å². The molecule has 0 fully saturated rings. The van der Waals surface area contributed by atoms with Crippen LogP contribution in [0.2, 0.25) is 0 Å².